The zero-order chi connectivity index (χ0) is 15.8. The van der Waals surface area contributed by atoms with Crippen molar-refractivity contribution in [3.8, 4) is 0 Å². The van der Waals surface area contributed by atoms with Gasteiger partial charge >= 0.3 is 0 Å². The maximum atomic E-state index is 5.63. The third kappa shape index (κ3) is 8.00. The molecule has 2 rings (SSSR count). The summed E-state index contributed by atoms with van der Waals surface area (Å²) in [5.74, 6) is 1.51. The first-order chi connectivity index (χ1) is 10.7. The molecule has 0 saturated carbocycles. The molecule has 0 aliphatic carbocycles. The van der Waals surface area contributed by atoms with Gasteiger partial charge in [-0.05, 0) is 25.8 Å². The van der Waals surface area contributed by atoms with Gasteiger partial charge in [0.1, 0.15) is 0 Å². The molecule has 2 saturated heterocycles. The Morgan fingerprint density at radius 1 is 1.26 bits per heavy atom. The Morgan fingerprint density at radius 3 is 2.61 bits per heavy atom. The highest BCUT2D eigenvalue weighted by atomic mass is 127. The third-order valence-electron chi connectivity index (χ3n) is 4.53. The van der Waals surface area contributed by atoms with E-state index >= 15 is 0 Å². The number of rotatable bonds is 6. The molecule has 0 aromatic carbocycles. The van der Waals surface area contributed by atoms with Gasteiger partial charge in [-0.15, -0.1) is 24.0 Å². The van der Waals surface area contributed by atoms with E-state index < -0.39 is 0 Å². The second-order valence-corrected chi connectivity index (χ2v) is 6.68. The molecule has 2 N–H and O–H groups in total. The van der Waals surface area contributed by atoms with Crippen molar-refractivity contribution in [2.24, 2.45) is 10.9 Å². The number of guanidine groups is 1. The highest BCUT2D eigenvalue weighted by Gasteiger charge is 2.17. The highest BCUT2D eigenvalue weighted by molar-refractivity contribution is 14.0. The molecule has 6 nitrogen and oxygen atoms in total. The number of aliphatic imine (C=N–C) groups is 1. The van der Waals surface area contributed by atoms with Gasteiger partial charge in [-0.3, -0.25) is 4.99 Å². The summed E-state index contributed by atoms with van der Waals surface area (Å²) in [4.78, 5) is 9.26. The number of hydrogen-bond acceptors (Lipinski definition) is 4. The predicted molar refractivity (Wildman–Crippen MR) is 107 cm³/mol. The van der Waals surface area contributed by atoms with Gasteiger partial charge in [-0.25, -0.2) is 0 Å². The third-order valence-corrected chi connectivity index (χ3v) is 4.53. The molecule has 136 valence electrons. The average Bonchev–Trinajstić information content (AvgIpc) is 3.03. The fourth-order valence-electron chi connectivity index (χ4n) is 3.04. The lowest BCUT2D eigenvalue weighted by atomic mass is 10.1. The summed E-state index contributed by atoms with van der Waals surface area (Å²) in [5.41, 5.74) is 0. The van der Waals surface area contributed by atoms with Gasteiger partial charge in [0.25, 0.3) is 0 Å². The van der Waals surface area contributed by atoms with E-state index in [4.69, 9.17) is 4.74 Å². The van der Waals surface area contributed by atoms with Crippen molar-refractivity contribution < 1.29 is 4.74 Å². The lowest BCUT2D eigenvalue weighted by molar-refractivity contribution is 0.113. The largest absolute Gasteiger partial charge is 0.376 e. The number of halogens is 1. The van der Waals surface area contributed by atoms with Crippen LogP contribution in [-0.2, 0) is 4.74 Å². The quantitative estimate of drug-likeness (QED) is 0.365. The molecule has 2 aliphatic rings. The molecule has 0 radical (unpaired) electrons. The summed E-state index contributed by atoms with van der Waals surface area (Å²) in [6.07, 6.45) is 2.69. The van der Waals surface area contributed by atoms with Crippen LogP contribution >= 0.6 is 24.0 Å². The first-order valence-corrected chi connectivity index (χ1v) is 8.64. The van der Waals surface area contributed by atoms with Crippen LogP contribution in [0.4, 0.5) is 0 Å². The molecule has 2 aliphatic heterocycles. The van der Waals surface area contributed by atoms with Crippen molar-refractivity contribution in [1.29, 1.82) is 0 Å². The number of hydrogen-bond donors (Lipinski definition) is 2. The van der Waals surface area contributed by atoms with Crippen molar-refractivity contribution in [2.75, 3.05) is 66.5 Å². The van der Waals surface area contributed by atoms with Crippen molar-refractivity contribution in [2.45, 2.75) is 25.9 Å². The maximum Gasteiger partial charge on any atom is 0.191 e. The molecule has 7 heteroatoms. The summed E-state index contributed by atoms with van der Waals surface area (Å²) in [6, 6.07) is 0. The van der Waals surface area contributed by atoms with Crippen LogP contribution in [0.2, 0.25) is 0 Å². The summed E-state index contributed by atoms with van der Waals surface area (Å²) in [6.45, 7) is 10.9. The first-order valence-electron chi connectivity index (χ1n) is 8.64. The van der Waals surface area contributed by atoms with Crippen LogP contribution in [0.1, 0.15) is 19.8 Å². The van der Waals surface area contributed by atoms with Crippen LogP contribution in [0.5, 0.6) is 0 Å². The molecule has 0 bridgehead atoms. The highest BCUT2D eigenvalue weighted by Crippen LogP contribution is 2.10. The normalized spacial score (nSPS) is 25.0. The minimum absolute atomic E-state index is 0. The van der Waals surface area contributed by atoms with Crippen LogP contribution in [0.3, 0.4) is 0 Å². The summed E-state index contributed by atoms with van der Waals surface area (Å²) < 4.78 is 5.63. The lowest BCUT2D eigenvalue weighted by Gasteiger charge is -2.34. The number of piperazine rings is 1. The Morgan fingerprint density at radius 2 is 2.00 bits per heavy atom. The smallest absolute Gasteiger partial charge is 0.191 e. The second-order valence-electron chi connectivity index (χ2n) is 6.68. The molecule has 0 aromatic rings. The number of ether oxygens (including phenoxy) is 1. The molecule has 2 heterocycles. The monoisotopic (exact) mass is 439 g/mol. The molecule has 0 amide bonds. The SMILES string of the molecule is CN=C(NCC(C)CN1CCN(C)CC1)NCC1CCCO1.I. The molecular formula is C16H34IN5O. The number of likely N-dealkylation sites (N-methyl/N-ethyl adjacent to an activating group) is 1. The van der Waals surface area contributed by atoms with Crippen LogP contribution in [0.25, 0.3) is 0 Å². The topological polar surface area (TPSA) is 52.1 Å². The van der Waals surface area contributed by atoms with Gasteiger partial charge in [0.05, 0.1) is 6.10 Å². The molecule has 0 spiro atoms. The maximum absolute atomic E-state index is 5.63. The van der Waals surface area contributed by atoms with Gasteiger partial charge in [0.15, 0.2) is 5.96 Å². The fraction of sp³-hybridized carbons (Fsp3) is 0.938. The van der Waals surface area contributed by atoms with E-state index in [1.165, 1.54) is 32.6 Å². The summed E-state index contributed by atoms with van der Waals surface area (Å²) >= 11 is 0. The van der Waals surface area contributed by atoms with Crippen molar-refractivity contribution in [3.63, 3.8) is 0 Å². The number of nitrogens with zero attached hydrogens (tertiary/aromatic N) is 3. The first kappa shape index (κ1) is 20.9. The Kier molecular flexibility index (Phi) is 10.4. The summed E-state index contributed by atoms with van der Waals surface area (Å²) in [7, 11) is 4.03. The Labute approximate surface area is 158 Å². The Balaban J connectivity index is 0.00000264. The van der Waals surface area contributed by atoms with Crippen LogP contribution in [0.15, 0.2) is 4.99 Å². The fourth-order valence-corrected chi connectivity index (χ4v) is 3.04. The lowest BCUT2D eigenvalue weighted by Crippen LogP contribution is -2.48. The van der Waals surface area contributed by atoms with Gasteiger partial charge in [0.2, 0.25) is 0 Å². The molecule has 23 heavy (non-hydrogen) atoms. The standard InChI is InChI=1S/C16H33N5O.HI/c1-14(13-21-8-6-20(3)7-9-21)11-18-16(17-2)19-12-15-5-4-10-22-15;/h14-15H,4-13H2,1-3H3,(H2,17,18,19);1H. The van der Waals surface area contributed by atoms with Gasteiger partial charge in [0, 0.05) is 59.5 Å². The van der Waals surface area contributed by atoms with E-state index in [9.17, 15) is 0 Å². The molecular weight excluding hydrogens is 405 g/mol. The van der Waals surface area contributed by atoms with Crippen molar-refractivity contribution in [1.82, 2.24) is 20.4 Å². The van der Waals surface area contributed by atoms with E-state index in [-0.39, 0.29) is 24.0 Å². The summed E-state index contributed by atoms with van der Waals surface area (Å²) in [5, 5.41) is 6.81. The Hall–Kier alpha value is -0.120. The van der Waals surface area contributed by atoms with Crippen LogP contribution in [-0.4, -0.2) is 88.4 Å². The minimum Gasteiger partial charge on any atom is -0.376 e. The minimum atomic E-state index is 0. The van der Waals surface area contributed by atoms with Crippen molar-refractivity contribution in [3.05, 3.63) is 0 Å². The molecule has 2 unspecified atom stereocenters. The van der Waals surface area contributed by atoms with Gasteiger partial charge in [-0.2, -0.15) is 0 Å². The predicted octanol–water partition coefficient (Wildman–Crippen LogP) is 0.832. The Bertz CT molecular complexity index is 341. The van der Waals surface area contributed by atoms with Crippen LogP contribution in [0, 0.1) is 5.92 Å². The van der Waals surface area contributed by atoms with E-state index in [0.29, 0.717) is 12.0 Å². The van der Waals surface area contributed by atoms with Crippen molar-refractivity contribution >= 4 is 29.9 Å². The number of nitrogens with one attached hydrogen (secondary N) is 2. The second kappa shape index (κ2) is 11.4. The van der Waals surface area contributed by atoms with E-state index in [1.807, 2.05) is 7.05 Å². The van der Waals surface area contributed by atoms with Gasteiger partial charge < -0.3 is 25.2 Å². The van der Waals surface area contributed by atoms with E-state index in [0.717, 1.165) is 38.6 Å². The zero-order valence-corrected chi connectivity index (χ0v) is 17.2. The van der Waals surface area contributed by atoms with E-state index in [2.05, 4.69) is 39.4 Å². The zero-order valence-electron chi connectivity index (χ0n) is 14.9. The average molecular weight is 439 g/mol. The molecule has 0 aromatic heterocycles. The van der Waals surface area contributed by atoms with Gasteiger partial charge in [-0.1, -0.05) is 6.92 Å². The molecule has 2 atom stereocenters. The van der Waals surface area contributed by atoms with Crippen LogP contribution < -0.4 is 10.6 Å². The molecule has 2 fully saturated rings. The van der Waals surface area contributed by atoms with E-state index in [1.54, 1.807) is 0 Å².